The van der Waals surface area contributed by atoms with E-state index in [9.17, 15) is 34.1 Å². The molecule has 1 aromatic heterocycles. The minimum absolute atomic E-state index is 0.00254. The Hall–Kier alpha value is -4.03. The highest BCUT2D eigenvalue weighted by atomic mass is 79.9. The third kappa shape index (κ3) is 3.31. The van der Waals surface area contributed by atoms with Crippen molar-refractivity contribution >= 4 is 50.7 Å². The van der Waals surface area contributed by atoms with E-state index in [1.165, 1.54) is 16.8 Å². The van der Waals surface area contributed by atoms with Crippen LogP contribution in [0.2, 0.25) is 0 Å². The van der Waals surface area contributed by atoms with Crippen molar-refractivity contribution in [2.45, 2.75) is 24.9 Å². The largest absolute Gasteiger partial charge is 0.352 e. The zero-order valence-electron chi connectivity index (χ0n) is 20.6. The van der Waals surface area contributed by atoms with Gasteiger partial charge in [-0.15, -0.1) is 0 Å². The number of rotatable bonds is 2. The van der Waals surface area contributed by atoms with E-state index in [2.05, 4.69) is 15.9 Å². The van der Waals surface area contributed by atoms with Crippen LogP contribution in [-0.2, 0) is 16.1 Å². The van der Waals surface area contributed by atoms with Crippen LogP contribution in [0.1, 0.15) is 23.9 Å². The number of nitriles is 2. The van der Waals surface area contributed by atoms with Gasteiger partial charge < -0.3 is 0 Å². The molecule has 1 saturated carbocycles. The molecule has 6 rings (SSSR count). The maximum absolute atomic E-state index is 14.3. The van der Waals surface area contributed by atoms with Gasteiger partial charge in [-0.25, -0.2) is 27.9 Å². The molecule has 3 aromatic rings. The molecule has 13 heteroatoms. The predicted octanol–water partition coefficient (Wildman–Crippen LogP) is 4.23. The van der Waals surface area contributed by atoms with E-state index in [1.807, 2.05) is 12.1 Å². The molecule has 1 aliphatic heterocycles. The summed E-state index contributed by atoms with van der Waals surface area (Å²) >= 11 is 15.5. The molecule has 0 amide bonds. The lowest BCUT2D eigenvalue weighted by Gasteiger charge is -2.54. The number of halogens is 4. The highest BCUT2D eigenvalue weighted by Gasteiger charge is 2.73. The van der Waals surface area contributed by atoms with Crippen LogP contribution in [0.4, 0.5) is 4.39 Å². The summed E-state index contributed by atoms with van der Waals surface area (Å²) in [6, 6.07) is 14.7. The maximum Gasteiger partial charge on any atom is 0.352 e. The van der Waals surface area contributed by atoms with Gasteiger partial charge in [0, 0.05) is 12.3 Å². The van der Waals surface area contributed by atoms with Gasteiger partial charge in [0.2, 0.25) is 0 Å². The smallest absolute Gasteiger partial charge is 0.291 e. The van der Waals surface area contributed by atoms with Crippen LogP contribution in [0.3, 0.4) is 0 Å². The number of hydrogen-bond acceptors (Lipinski definition) is 6. The fourth-order valence-electron chi connectivity index (χ4n) is 6.38. The molecule has 1 fully saturated rings. The second kappa shape index (κ2) is 9.25. The van der Waals surface area contributed by atoms with Gasteiger partial charge in [0.15, 0.2) is 22.4 Å². The van der Waals surface area contributed by atoms with Crippen molar-refractivity contribution in [2.24, 2.45) is 10.8 Å². The molecule has 1 unspecified atom stereocenters. The summed E-state index contributed by atoms with van der Waals surface area (Å²) in [7, 11) is 0. The molecule has 41 heavy (non-hydrogen) atoms. The summed E-state index contributed by atoms with van der Waals surface area (Å²) < 4.78 is 17.6. The first-order chi connectivity index (χ1) is 19.6. The number of ketones is 2. The van der Waals surface area contributed by atoms with Gasteiger partial charge in [0.05, 0.1) is 34.9 Å². The molecule has 0 spiro atoms. The van der Waals surface area contributed by atoms with Crippen LogP contribution in [0.25, 0.3) is 5.69 Å². The van der Waals surface area contributed by atoms with Gasteiger partial charge in [0.25, 0.3) is 0 Å². The number of benzene rings is 2. The van der Waals surface area contributed by atoms with Crippen LogP contribution < -0.4 is 11.4 Å². The number of allylic oxidation sites excluding steroid dienone is 4. The van der Waals surface area contributed by atoms with Gasteiger partial charge in [-0.05, 0) is 51.3 Å². The van der Waals surface area contributed by atoms with Crippen molar-refractivity contribution < 1.29 is 14.0 Å². The standard InChI is InChI=1S/C28H15BrCl2FN5O4/c29-17-10-14(6-7-18(17)32)20-16-8-9-35-25(40)36(15-4-2-1-3-5-15)26(41)37(35)19(16)11-27(12-33)23(38)21(30)22(31)24(39)28(20,27)13-34/h1-8,10,19-20H,9,11H2/t19?,20-,27+,28+/m0/s1. The Kier molecular flexibility index (Phi) is 6.12. The Balaban J connectivity index is 1.71. The lowest BCUT2D eigenvalue weighted by molar-refractivity contribution is -0.142. The van der Waals surface area contributed by atoms with Gasteiger partial charge >= 0.3 is 11.4 Å². The van der Waals surface area contributed by atoms with E-state index in [0.717, 1.165) is 15.3 Å². The second-order valence-corrected chi connectivity index (χ2v) is 11.5. The molecular formula is C28H15BrCl2FN5O4. The Morgan fingerprint density at radius 1 is 0.951 bits per heavy atom. The molecule has 204 valence electrons. The normalized spacial score (nSPS) is 26.8. The Morgan fingerprint density at radius 2 is 1.63 bits per heavy atom. The van der Waals surface area contributed by atoms with E-state index >= 15 is 0 Å². The number of nitrogens with zero attached hydrogens (tertiary/aromatic N) is 5. The first-order valence-electron chi connectivity index (χ1n) is 12.2. The molecule has 0 saturated heterocycles. The highest BCUT2D eigenvalue weighted by molar-refractivity contribution is 9.10. The average Bonchev–Trinajstić information content (AvgIpc) is 3.24. The monoisotopic (exact) mass is 653 g/mol. The number of para-hydroxylation sites is 1. The van der Waals surface area contributed by atoms with Crippen molar-refractivity contribution in [1.82, 2.24) is 13.9 Å². The van der Waals surface area contributed by atoms with E-state index in [-0.39, 0.29) is 16.6 Å². The molecule has 0 N–H and O–H groups in total. The molecule has 2 heterocycles. The summed E-state index contributed by atoms with van der Waals surface area (Å²) in [5, 5.41) is 20.0. The molecule has 0 radical (unpaired) electrons. The quantitative estimate of drug-likeness (QED) is 0.380. The molecule has 9 nitrogen and oxygen atoms in total. The first-order valence-corrected chi connectivity index (χ1v) is 13.7. The Morgan fingerprint density at radius 3 is 2.27 bits per heavy atom. The third-order valence-electron chi connectivity index (χ3n) is 8.17. The highest BCUT2D eigenvalue weighted by Crippen LogP contribution is 2.66. The van der Waals surface area contributed by atoms with Gasteiger partial charge in [-0.3, -0.25) is 9.59 Å². The number of fused-ring (bicyclic) bond motifs is 4. The van der Waals surface area contributed by atoms with Crippen LogP contribution in [0, 0.1) is 39.3 Å². The molecule has 2 aromatic carbocycles. The fourth-order valence-corrected chi connectivity index (χ4v) is 7.26. The van der Waals surface area contributed by atoms with E-state index < -0.39 is 68.0 Å². The molecule has 3 aliphatic rings. The Labute approximate surface area is 249 Å². The summed E-state index contributed by atoms with van der Waals surface area (Å²) in [4.78, 5) is 55.1. The molecule has 0 bridgehead atoms. The van der Waals surface area contributed by atoms with Crippen LogP contribution in [0.15, 0.2) is 84.3 Å². The first kappa shape index (κ1) is 27.2. The van der Waals surface area contributed by atoms with E-state index in [0.29, 0.717) is 11.3 Å². The third-order valence-corrected chi connectivity index (χ3v) is 9.60. The summed E-state index contributed by atoms with van der Waals surface area (Å²) in [6.45, 7) is -0.119. The minimum atomic E-state index is -2.41. The summed E-state index contributed by atoms with van der Waals surface area (Å²) in [5.74, 6) is -4.05. The fraction of sp³-hybridized carbons (Fsp3) is 0.214. The van der Waals surface area contributed by atoms with E-state index in [1.54, 1.807) is 36.4 Å². The van der Waals surface area contributed by atoms with Gasteiger partial charge in [-0.1, -0.05) is 53.5 Å². The summed E-state index contributed by atoms with van der Waals surface area (Å²) in [5.41, 5.74) is -5.39. The lowest BCUT2D eigenvalue weighted by atomic mass is 9.44. The Bertz CT molecular complexity index is 1980. The number of carbonyl (C=O) groups excluding carboxylic acids is 2. The zero-order chi connectivity index (χ0) is 29.4. The number of hydrogen-bond donors (Lipinski definition) is 0. The lowest BCUT2D eigenvalue weighted by Crippen LogP contribution is -2.62. The topological polar surface area (TPSA) is 131 Å². The van der Waals surface area contributed by atoms with Crippen LogP contribution in [0.5, 0.6) is 0 Å². The van der Waals surface area contributed by atoms with Crippen molar-refractivity contribution in [3.8, 4) is 17.8 Å². The number of aromatic nitrogens is 3. The van der Waals surface area contributed by atoms with Crippen LogP contribution >= 0.6 is 39.1 Å². The van der Waals surface area contributed by atoms with Crippen molar-refractivity contribution in [3.63, 3.8) is 0 Å². The molecule has 4 atom stereocenters. The molecular weight excluding hydrogens is 640 g/mol. The summed E-state index contributed by atoms with van der Waals surface area (Å²) in [6.07, 6.45) is 1.07. The molecule has 2 aliphatic carbocycles. The zero-order valence-corrected chi connectivity index (χ0v) is 23.7. The number of Topliss-reactive ketones (excluding diaryl/α,β-unsaturated/α-hetero) is 2. The predicted molar refractivity (Wildman–Crippen MR) is 148 cm³/mol. The van der Waals surface area contributed by atoms with Crippen LogP contribution in [-0.4, -0.2) is 25.5 Å². The van der Waals surface area contributed by atoms with Crippen molar-refractivity contribution in [1.29, 1.82) is 10.5 Å². The van der Waals surface area contributed by atoms with Crippen molar-refractivity contribution in [2.75, 3.05) is 0 Å². The second-order valence-electron chi connectivity index (χ2n) is 9.92. The minimum Gasteiger partial charge on any atom is -0.291 e. The SMILES string of the molecule is N#C[C@@]12CC3C(=CCn4c(=O)n(-c5ccccc5)c(=O)n43)[C@H](c3ccc(F)c(Br)c3)[C@]1(C#N)C(=O)C(Cl)=C(Cl)C2=O. The number of carbonyl (C=O) groups is 2. The maximum atomic E-state index is 14.3. The van der Waals surface area contributed by atoms with E-state index in [4.69, 9.17) is 23.2 Å². The average molecular weight is 655 g/mol. The van der Waals surface area contributed by atoms with Gasteiger partial charge in [0.1, 0.15) is 15.9 Å². The van der Waals surface area contributed by atoms with Crippen molar-refractivity contribution in [3.05, 3.63) is 107 Å². The van der Waals surface area contributed by atoms with Gasteiger partial charge in [-0.2, -0.15) is 10.5 Å².